The molecule has 98 valence electrons. The van der Waals surface area contributed by atoms with E-state index in [1.807, 2.05) is 0 Å². The summed E-state index contributed by atoms with van der Waals surface area (Å²) >= 11 is 3.26. The molecule has 0 heterocycles. The van der Waals surface area contributed by atoms with Gasteiger partial charge in [-0.2, -0.15) is 4.31 Å². The van der Waals surface area contributed by atoms with Gasteiger partial charge < -0.3 is 5.73 Å². The molecule has 1 aliphatic rings. The second kappa shape index (κ2) is 5.03. The van der Waals surface area contributed by atoms with Gasteiger partial charge in [0.2, 0.25) is 10.0 Å². The Bertz CT molecular complexity index is 567. The Hall–Kier alpha value is -0.850. The molecule has 1 aromatic rings. The smallest absolute Gasteiger partial charge is 0.243 e. The van der Waals surface area contributed by atoms with Crippen molar-refractivity contribution in [3.8, 4) is 0 Å². The predicted octanol–water partition coefficient (Wildman–Crippen LogP) is 2.37. The highest BCUT2D eigenvalue weighted by atomic mass is 79.9. The van der Waals surface area contributed by atoms with E-state index in [1.54, 1.807) is 18.2 Å². The minimum atomic E-state index is -3.48. The average molecular weight is 331 g/mol. The van der Waals surface area contributed by atoms with Gasteiger partial charge in [0, 0.05) is 22.7 Å². The largest absolute Gasteiger partial charge is 0.398 e. The van der Waals surface area contributed by atoms with E-state index in [4.69, 9.17) is 5.73 Å². The number of nitrogens with two attached hydrogens (primary N) is 1. The molecule has 0 atom stereocenters. The number of benzene rings is 1. The maximum Gasteiger partial charge on any atom is 0.243 e. The van der Waals surface area contributed by atoms with Gasteiger partial charge >= 0.3 is 0 Å². The molecular formula is C12H15BrN2O2S. The Morgan fingerprint density at radius 2 is 2.17 bits per heavy atom. The molecule has 0 aromatic heterocycles. The Morgan fingerprint density at radius 3 is 2.67 bits per heavy atom. The fourth-order valence-corrected chi connectivity index (χ4v) is 3.69. The molecule has 0 radical (unpaired) electrons. The van der Waals surface area contributed by atoms with Crippen molar-refractivity contribution < 1.29 is 8.42 Å². The Balaban J connectivity index is 2.39. The van der Waals surface area contributed by atoms with E-state index in [1.165, 1.54) is 10.4 Å². The number of rotatable bonds is 5. The zero-order valence-electron chi connectivity index (χ0n) is 9.84. The first kappa shape index (κ1) is 13.6. The lowest BCUT2D eigenvalue weighted by Gasteiger charge is -2.20. The number of halogens is 1. The zero-order chi connectivity index (χ0) is 13.3. The van der Waals surface area contributed by atoms with Crippen molar-refractivity contribution in [2.45, 2.75) is 23.8 Å². The third-order valence-corrected chi connectivity index (χ3v) is 5.47. The second-order valence-electron chi connectivity index (χ2n) is 4.28. The molecule has 0 spiro atoms. The van der Waals surface area contributed by atoms with Crippen LogP contribution in [0.25, 0.3) is 0 Å². The Kier molecular flexibility index (Phi) is 3.79. The third kappa shape index (κ3) is 2.60. The predicted molar refractivity (Wildman–Crippen MR) is 75.7 cm³/mol. The topological polar surface area (TPSA) is 63.4 Å². The minimum absolute atomic E-state index is 0.109. The quantitative estimate of drug-likeness (QED) is 0.665. The van der Waals surface area contributed by atoms with E-state index in [0.29, 0.717) is 16.7 Å². The summed E-state index contributed by atoms with van der Waals surface area (Å²) in [5, 5.41) is 0. The molecule has 4 nitrogen and oxygen atoms in total. The first-order valence-electron chi connectivity index (χ1n) is 5.64. The van der Waals surface area contributed by atoms with Crippen LogP contribution in [0.3, 0.4) is 0 Å². The summed E-state index contributed by atoms with van der Waals surface area (Å²) in [6, 6.07) is 4.81. The van der Waals surface area contributed by atoms with Crippen LogP contribution < -0.4 is 5.73 Å². The highest BCUT2D eigenvalue weighted by molar-refractivity contribution is 9.10. The van der Waals surface area contributed by atoms with Crippen LogP contribution in [0, 0.1) is 0 Å². The summed E-state index contributed by atoms with van der Waals surface area (Å²) in [7, 11) is -3.48. The van der Waals surface area contributed by atoms with Gasteiger partial charge in [0.05, 0.1) is 4.90 Å². The molecule has 2 N–H and O–H groups in total. The summed E-state index contributed by atoms with van der Waals surface area (Å²) in [5.41, 5.74) is 6.15. The van der Waals surface area contributed by atoms with E-state index in [-0.39, 0.29) is 10.9 Å². The zero-order valence-corrected chi connectivity index (χ0v) is 12.2. The fraction of sp³-hybridized carbons (Fsp3) is 0.333. The highest BCUT2D eigenvalue weighted by Gasteiger charge is 2.37. The van der Waals surface area contributed by atoms with Crippen LogP contribution in [0.1, 0.15) is 12.8 Å². The van der Waals surface area contributed by atoms with Crippen molar-refractivity contribution in [2.75, 3.05) is 12.3 Å². The molecule has 0 aliphatic heterocycles. The fourth-order valence-electron chi connectivity index (χ4n) is 1.75. The van der Waals surface area contributed by atoms with Crippen LogP contribution in [-0.2, 0) is 10.0 Å². The summed E-state index contributed by atoms with van der Waals surface area (Å²) in [4.78, 5) is 0.233. The number of hydrogen-bond donors (Lipinski definition) is 1. The molecule has 0 bridgehead atoms. The van der Waals surface area contributed by atoms with Gasteiger partial charge in [-0.1, -0.05) is 6.08 Å². The molecule has 0 unspecified atom stereocenters. The first-order valence-corrected chi connectivity index (χ1v) is 7.88. The molecule has 1 fully saturated rings. The van der Waals surface area contributed by atoms with Gasteiger partial charge in [0.15, 0.2) is 0 Å². The minimum Gasteiger partial charge on any atom is -0.398 e. The molecular weight excluding hydrogens is 316 g/mol. The van der Waals surface area contributed by atoms with Crippen molar-refractivity contribution in [2.24, 2.45) is 0 Å². The number of anilines is 1. The Morgan fingerprint density at radius 1 is 1.50 bits per heavy atom. The summed E-state index contributed by atoms with van der Waals surface area (Å²) < 4.78 is 27.1. The van der Waals surface area contributed by atoms with E-state index in [0.717, 1.165) is 12.8 Å². The SMILES string of the molecule is C=CCN(C1CC1)S(=O)(=O)c1ccc(Br)c(N)c1. The summed E-state index contributed by atoms with van der Waals surface area (Å²) in [6.45, 7) is 3.95. The molecule has 18 heavy (non-hydrogen) atoms. The number of nitrogen functional groups attached to an aromatic ring is 1. The van der Waals surface area contributed by atoms with Crippen molar-refractivity contribution in [1.29, 1.82) is 0 Å². The van der Waals surface area contributed by atoms with Gasteiger partial charge in [-0.3, -0.25) is 0 Å². The maximum atomic E-state index is 12.5. The summed E-state index contributed by atoms with van der Waals surface area (Å²) in [6.07, 6.45) is 3.44. The lowest BCUT2D eigenvalue weighted by atomic mass is 10.3. The van der Waals surface area contributed by atoms with Crippen LogP contribution >= 0.6 is 15.9 Å². The second-order valence-corrected chi connectivity index (χ2v) is 7.02. The maximum absolute atomic E-state index is 12.5. The van der Waals surface area contributed by atoms with Gasteiger partial charge in [-0.15, -0.1) is 6.58 Å². The highest BCUT2D eigenvalue weighted by Crippen LogP contribution is 2.33. The molecule has 0 saturated heterocycles. The standard InChI is InChI=1S/C12H15BrN2O2S/c1-2-7-15(9-3-4-9)18(16,17)10-5-6-11(13)12(14)8-10/h2,5-6,8-9H,1,3-4,7,14H2. The Labute approximate surface area is 116 Å². The monoisotopic (exact) mass is 330 g/mol. The summed E-state index contributed by atoms with van der Waals surface area (Å²) in [5.74, 6) is 0. The lowest BCUT2D eigenvalue weighted by Crippen LogP contribution is -2.33. The number of hydrogen-bond acceptors (Lipinski definition) is 3. The molecule has 1 aliphatic carbocycles. The van der Waals surface area contributed by atoms with E-state index in [2.05, 4.69) is 22.5 Å². The first-order chi connectivity index (χ1) is 8.46. The van der Waals surface area contributed by atoms with Crippen molar-refractivity contribution >= 4 is 31.6 Å². The van der Waals surface area contributed by atoms with Crippen LogP contribution in [-0.4, -0.2) is 25.3 Å². The molecule has 1 aromatic carbocycles. The van der Waals surface area contributed by atoms with Crippen molar-refractivity contribution in [3.63, 3.8) is 0 Å². The lowest BCUT2D eigenvalue weighted by molar-refractivity contribution is 0.436. The van der Waals surface area contributed by atoms with Gasteiger partial charge in [-0.05, 0) is 47.0 Å². The third-order valence-electron chi connectivity index (χ3n) is 2.84. The van der Waals surface area contributed by atoms with Crippen LogP contribution in [0.2, 0.25) is 0 Å². The van der Waals surface area contributed by atoms with Crippen molar-refractivity contribution in [3.05, 3.63) is 35.3 Å². The van der Waals surface area contributed by atoms with E-state index in [9.17, 15) is 8.42 Å². The molecule has 0 amide bonds. The van der Waals surface area contributed by atoms with E-state index >= 15 is 0 Å². The van der Waals surface area contributed by atoms with E-state index < -0.39 is 10.0 Å². The number of sulfonamides is 1. The van der Waals surface area contributed by atoms with Crippen LogP contribution in [0.4, 0.5) is 5.69 Å². The number of nitrogens with zero attached hydrogens (tertiary/aromatic N) is 1. The van der Waals surface area contributed by atoms with Gasteiger partial charge in [-0.25, -0.2) is 8.42 Å². The molecule has 1 saturated carbocycles. The van der Waals surface area contributed by atoms with Crippen LogP contribution in [0.5, 0.6) is 0 Å². The van der Waals surface area contributed by atoms with Crippen LogP contribution in [0.15, 0.2) is 40.2 Å². The average Bonchev–Trinajstić information content (AvgIpc) is 3.13. The molecule has 6 heteroatoms. The normalized spacial score (nSPS) is 15.9. The van der Waals surface area contributed by atoms with Crippen molar-refractivity contribution in [1.82, 2.24) is 4.31 Å². The van der Waals surface area contributed by atoms with Gasteiger partial charge in [0.25, 0.3) is 0 Å². The molecule has 2 rings (SSSR count). The van der Waals surface area contributed by atoms with Gasteiger partial charge in [0.1, 0.15) is 0 Å².